The Morgan fingerprint density at radius 2 is 1.93 bits per heavy atom. The topological polar surface area (TPSA) is 65.1 Å². The Morgan fingerprint density at radius 3 is 2.59 bits per heavy atom. The fourth-order valence-electron chi connectivity index (χ4n) is 3.77. The number of imidazole rings is 1. The normalized spacial score (nSPS) is 20.5. The fraction of sp³-hybridized carbons (Fsp3) is 0.500. The van der Waals surface area contributed by atoms with Crippen LogP contribution in [0.15, 0.2) is 24.7 Å². The summed E-state index contributed by atoms with van der Waals surface area (Å²) in [6.07, 6.45) is 0.451. The molecule has 0 unspecified atom stereocenters. The van der Waals surface area contributed by atoms with Gasteiger partial charge in [-0.2, -0.15) is 13.2 Å². The number of carbonyl (C=O) groups excluding carboxylic acids is 1. The molecule has 1 aliphatic heterocycles. The quantitative estimate of drug-likeness (QED) is 0.870. The number of hydrogen-bond acceptors (Lipinski definition) is 4. The lowest BCUT2D eigenvalue weighted by Gasteiger charge is -2.37. The van der Waals surface area contributed by atoms with Gasteiger partial charge in [0.25, 0.3) is 0 Å². The molecule has 0 aromatic carbocycles. The van der Waals surface area contributed by atoms with E-state index >= 15 is 0 Å². The molecule has 0 spiro atoms. The summed E-state index contributed by atoms with van der Waals surface area (Å²) in [4.78, 5) is 27.9. The molecule has 1 N–H and O–H groups in total. The molecule has 6 nitrogen and oxygen atoms in total. The van der Waals surface area contributed by atoms with Crippen molar-refractivity contribution in [2.24, 2.45) is 5.92 Å². The van der Waals surface area contributed by atoms with Crippen LogP contribution in [0, 0.1) is 5.92 Å². The zero-order valence-corrected chi connectivity index (χ0v) is 14.7. The van der Waals surface area contributed by atoms with Gasteiger partial charge in [0.15, 0.2) is 0 Å². The lowest BCUT2D eigenvalue weighted by molar-refractivity contribution is -0.138. The number of aromatic amines is 1. The number of amides is 1. The SMILES string of the molecule is O=C([C@H]1CCc2nc[nH]c2C1)N1CCN(c2ccc(C(F)(F)F)cn2)CC1. The lowest BCUT2D eigenvalue weighted by atomic mass is 9.88. The number of fused-ring (bicyclic) bond motifs is 1. The summed E-state index contributed by atoms with van der Waals surface area (Å²) in [6, 6.07) is 2.44. The van der Waals surface area contributed by atoms with Crippen LogP contribution in [-0.2, 0) is 23.8 Å². The zero-order valence-electron chi connectivity index (χ0n) is 14.7. The van der Waals surface area contributed by atoms with Crippen molar-refractivity contribution in [2.75, 3.05) is 31.1 Å². The molecule has 0 bridgehead atoms. The van der Waals surface area contributed by atoms with Crippen molar-refractivity contribution in [2.45, 2.75) is 25.4 Å². The first-order valence-electron chi connectivity index (χ1n) is 9.00. The summed E-state index contributed by atoms with van der Waals surface area (Å²) in [5.41, 5.74) is 1.35. The van der Waals surface area contributed by atoms with Crippen LogP contribution in [-0.4, -0.2) is 51.9 Å². The van der Waals surface area contributed by atoms with Crippen LogP contribution >= 0.6 is 0 Å². The van der Waals surface area contributed by atoms with E-state index in [0.717, 1.165) is 36.5 Å². The summed E-state index contributed by atoms with van der Waals surface area (Å²) < 4.78 is 37.9. The Hall–Kier alpha value is -2.58. The van der Waals surface area contributed by atoms with Gasteiger partial charge in [0, 0.05) is 50.4 Å². The van der Waals surface area contributed by atoms with E-state index in [0.29, 0.717) is 38.4 Å². The number of nitrogens with one attached hydrogen (secondary N) is 1. The van der Waals surface area contributed by atoms with Crippen LogP contribution in [0.1, 0.15) is 23.4 Å². The Balaban J connectivity index is 1.34. The minimum atomic E-state index is -4.38. The van der Waals surface area contributed by atoms with E-state index in [9.17, 15) is 18.0 Å². The number of carbonyl (C=O) groups is 1. The number of anilines is 1. The summed E-state index contributed by atoms with van der Waals surface area (Å²) in [5.74, 6) is 0.624. The number of aryl methyl sites for hydroxylation is 1. The third kappa shape index (κ3) is 3.63. The van der Waals surface area contributed by atoms with Crippen LogP contribution in [0.3, 0.4) is 0 Å². The predicted molar refractivity (Wildman–Crippen MR) is 92.1 cm³/mol. The van der Waals surface area contributed by atoms with Crippen molar-refractivity contribution in [1.82, 2.24) is 19.9 Å². The van der Waals surface area contributed by atoms with Crippen molar-refractivity contribution in [3.8, 4) is 0 Å². The summed E-state index contributed by atoms with van der Waals surface area (Å²) in [7, 11) is 0. The van der Waals surface area contributed by atoms with Crippen molar-refractivity contribution in [3.63, 3.8) is 0 Å². The molecule has 1 atom stereocenters. The molecule has 1 amide bonds. The number of H-pyrrole nitrogens is 1. The van der Waals surface area contributed by atoms with E-state index in [-0.39, 0.29) is 11.8 Å². The van der Waals surface area contributed by atoms with E-state index < -0.39 is 11.7 Å². The smallest absolute Gasteiger partial charge is 0.353 e. The summed E-state index contributed by atoms with van der Waals surface area (Å²) >= 11 is 0. The predicted octanol–water partition coefficient (Wildman–Crippen LogP) is 2.28. The number of aromatic nitrogens is 3. The first-order chi connectivity index (χ1) is 12.9. The van der Waals surface area contributed by atoms with Crippen molar-refractivity contribution in [3.05, 3.63) is 41.6 Å². The maximum atomic E-state index is 12.8. The molecular weight excluding hydrogens is 359 g/mol. The highest BCUT2D eigenvalue weighted by atomic mass is 19.4. The molecule has 0 saturated carbocycles. The number of halogens is 3. The molecular formula is C18H20F3N5O. The first-order valence-corrected chi connectivity index (χ1v) is 9.00. The molecule has 144 valence electrons. The van der Waals surface area contributed by atoms with E-state index in [1.165, 1.54) is 6.07 Å². The molecule has 1 saturated heterocycles. The number of pyridine rings is 1. The van der Waals surface area contributed by atoms with Gasteiger partial charge < -0.3 is 14.8 Å². The summed E-state index contributed by atoms with van der Waals surface area (Å²) in [5, 5.41) is 0. The van der Waals surface area contributed by atoms with Crippen LogP contribution in [0.25, 0.3) is 0 Å². The van der Waals surface area contributed by atoms with Gasteiger partial charge in [0.05, 0.1) is 17.6 Å². The second kappa shape index (κ2) is 6.86. The monoisotopic (exact) mass is 379 g/mol. The number of piperazine rings is 1. The molecule has 4 rings (SSSR count). The maximum absolute atomic E-state index is 12.8. The third-order valence-electron chi connectivity index (χ3n) is 5.33. The van der Waals surface area contributed by atoms with Gasteiger partial charge in [-0.1, -0.05) is 0 Å². The Bertz CT molecular complexity index is 809. The molecule has 1 fully saturated rings. The molecule has 2 aromatic rings. The maximum Gasteiger partial charge on any atom is 0.417 e. The molecule has 3 heterocycles. The molecule has 0 radical (unpaired) electrons. The van der Waals surface area contributed by atoms with Crippen LogP contribution in [0.2, 0.25) is 0 Å². The number of alkyl halides is 3. The van der Waals surface area contributed by atoms with E-state index in [4.69, 9.17) is 0 Å². The molecule has 2 aliphatic rings. The highest BCUT2D eigenvalue weighted by Gasteiger charge is 2.33. The molecule has 9 heteroatoms. The average Bonchev–Trinajstić information content (AvgIpc) is 3.15. The molecule has 27 heavy (non-hydrogen) atoms. The minimum Gasteiger partial charge on any atom is -0.353 e. The van der Waals surface area contributed by atoms with Gasteiger partial charge in [-0.25, -0.2) is 9.97 Å². The standard InChI is InChI=1S/C18H20F3N5O/c19-18(20,21)13-2-4-16(22-10-13)25-5-7-26(8-6-25)17(27)12-1-3-14-15(9-12)24-11-23-14/h2,4,10-12H,1,3,5-9H2,(H,23,24)/t12-/m0/s1. The Morgan fingerprint density at radius 1 is 1.15 bits per heavy atom. The van der Waals surface area contributed by atoms with Gasteiger partial charge >= 0.3 is 6.18 Å². The average molecular weight is 379 g/mol. The molecule has 1 aliphatic carbocycles. The Labute approximate surface area is 154 Å². The van der Waals surface area contributed by atoms with Crippen LogP contribution < -0.4 is 4.90 Å². The Kier molecular flexibility index (Phi) is 4.53. The lowest BCUT2D eigenvalue weighted by Crippen LogP contribution is -2.51. The van der Waals surface area contributed by atoms with Gasteiger partial charge in [0.1, 0.15) is 5.82 Å². The van der Waals surface area contributed by atoms with Crippen LogP contribution in [0.5, 0.6) is 0 Å². The van der Waals surface area contributed by atoms with Gasteiger partial charge in [-0.05, 0) is 25.0 Å². The third-order valence-corrected chi connectivity index (χ3v) is 5.33. The van der Waals surface area contributed by atoms with Crippen molar-refractivity contribution in [1.29, 1.82) is 0 Å². The van der Waals surface area contributed by atoms with E-state index in [1.807, 2.05) is 9.80 Å². The fourth-order valence-corrected chi connectivity index (χ4v) is 3.77. The van der Waals surface area contributed by atoms with Crippen molar-refractivity contribution < 1.29 is 18.0 Å². The minimum absolute atomic E-state index is 0.0336. The number of rotatable bonds is 2. The number of hydrogen-bond donors (Lipinski definition) is 1. The van der Waals surface area contributed by atoms with E-state index in [2.05, 4.69) is 15.0 Å². The van der Waals surface area contributed by atoms with Crippen molar-refractivity contribution >= 4 is 11.7 Å². The summed E-state index contributed by atoms with van der Waals surface area (Å²) in [6.45, 7) is 2.22. The van der Waals surface area contributed by atoms with Gasteiger partial charge in [-0.15, -0.1) is 0 Å². The largest absolute Gasteiger partial charge is 0.417 e. The molecule has 2 aromatic heterocycles. The second-order valence-electron chi connectivity index (χ2n) is 6.98. The first kappa shape index (κ1) is 17.8. The highest BCUT2D eigenvalue weighted by Crippen LogP contribution is 2.30. The zero-order chi connectivity index (χ0) is 19.0. The van der Waals surface area contributed by atoms with Gasteiger partial charge in [0.2, 0.25) is 5.91 Å². The van der Waals surface area contributed by atoms with Gasteiger partial charge in [-0.3, -0.25) is 4.79 Å². The number of nitrogens with zero attached hydrogens (tertiary/aromatic N) is 4. The van der Waals surface area contributed by atoms with Crippen LogP contribution in [0.4, 0.5) is 19.0 Å². The highest BCUT2D eigenvalue weighted by molar-refractivity contribution is 5.79. The van der Waals surface area contributed by atoms with E-state index in [1.54, 1.807) is 6.33 Å². The second-order valence-corrected chi connectivity index (χ2v) is 6.98.